The number of nitrogens with zero attached hydrogens (tertiary/aromatic N) is 3. The van der Waals surface area contributed by atoms with E-state index in [1.807, 2.05) is 59.3 Å². The summed E-state index contributed by atoms with van der Waals surface area (Å²) in [5.74, 6) is 1.75. The number of aromatic nitrogens is 4. The van der Waals surface area contributed by atoms with Crippen LogP contribution in [0.5, 0.6) is 11.5 Å². The number of piperidine rings is 1. The lowest BCUT2D eigenvalue weighted by molar-refractivity contribution is 0.355. The molecule has 4 aromatic rings. The molecule has 8 heteroatoms. The molecule has 0 unspecified atom stereocenters. The minimum absolute atomic E-state index is 0.0959. The summed E-state index contributed by atoms with van der Waals surface area (Å²) in [5, 5.41) is 15.2. The van der Waals surface area contributed by atoms with Crippen LogP contribution in [0.4, 0.5) is 5.82 Å². The van der Waals surface area contributed by atoms with Crippen molar-refractivity contribution in [3.05, 3.63) is 65.0 Å². The number of nitrogens with one attached hydrogen (secondary N) is 2. The molecule has 1 saturated heterocycles. The number of benzene rings is 2. The van der Waals surface area contributed by atoms with E-state index in [1.54, 1.807) is 0 Å². The van der Waals surface area contributed by atoms with Gasteiger partial charge in [-0.25, -0.2) is 5.10 Å². The Morgan fingerprint density at radius 2 is 1.83 bits per heavy atom. The van der Waals surface area contributed by atoms with Gasteiger partial charge in [0.25, 0.3) is 5.56 Å². The standard InChI is InChI=1S/C22H22N6O2/c23-21-18-19(14-8-10-17(11-9-14)30-16-6-2-1-3-7-16)27-28(15-5-4-12-24-13-15)20(18)22(29)26-25-21/h1-3,6-11,15,24H,4-5,12-13H2,(H2,23,25)(H,26,29)/t15-/m1/s1. The Bertz CT molecular complexity index is 1220. The van der Waals surface area contributed by atoms with E-state index in [1.165, 1.54) is 0 Å². The van der Waals surface area contributed by atoms with Crippen LogP contribution in [0.3, 0.4) is 0 Å². The van der Waals surface area contributed by atoms with Gasteiger partial charge in [-0.3, -0.25) is 9.48 Å². The molecule has 0 bridgehead atoms. The molecular weight excluding hydrogens is 380 g/mol. The molecule has 4 N–H and O–H groups in total. The first-order chi connectivity index (χ1) is 14.7. The molecule has 0 spiro atoms. The Hall–Kier alpha value is -3.65. The summed E-state index contributed by atoms with van der Waals surface area (Å²) in [6.07, 6.45) is 1.99. The van der Waals surface area contributed by atoms with Crippen molar-refractivity contribution in [3.8, 4) is 22.8 Å². The van der Waals surface area contributed by atoms with Crippen molar-refractivity contribution in [3.63, 3.8) is 0 Å². The van der Waals surface area contributed by atoms with Crippen molar-refractivity contribution >= 4 is 16.7 Å². The summed E-state index contributed by atoms with van der Waals surface area (Å²) in [4.78, 5) is 12.6. The van der Waals surface area contributed by atoms with E-state index in [-0.39, 0.29) is 17.4 Å². The predicted molar refractivity (Wildman–Crippen MR) is 116 cm³/mol. The molecule has 0 aliphatic carbocycles. The van der Waals surface area contributed by atoms with Gasteiger partial charge in [-0.05, 0) is 55.8 Å². The average molecular weight is 402 g/mol. The Kier molecular flexibility index (Phi) is 4.68. The topological polar surface area (TPSA) is 111 Å². The first-order valence-corrected chi connectivity index (χ1v) is 10.0. The van der Waals surface area contributed by atoms with Gasteiger partial charge < -0.3 is 15.8 Å². The fourth-order valence-electron chi connectivity index (χ4n) is 3.93. The molecule has 2 aromatic heterocycles. The van der Waals surface area contributed by atoms with E-state index in [4.69, 9.17) is 15.6 Å². The summed E-state index contributed by atoms with van der Waals surface area (Å²) < 4.78 is 7.68. The van der Waals surface area contributed by atoms with Gasteiger partial charge in [0.2, 0.25) is 0 Å². The molecule has 0 radical (unpaired) electrons. The second-order valence-corrected chi connectivity index (χ2v) is 7.39. The number of fused-ring (bicyclic) bond motifs is 1. The quantitative estimate of drug-likeness (QED) is 0.484. The Labute approximate surface area is 172 Å². The second kappa shape index (κ2) is 7.64. The lowest BCUT2D eigenvalue weighted by Gasteiger charge is -2.23. The molecular formula is C22H22N6O2. The van der Waals surface area contributed by atoms with Gasteiger partial charge in [-0.15, -0.1) is 0 Å². The molecule has 0 amide bonds. The van der Waals surface area contributed by atoms with Gasteiger partial charge in [0.15, 0.2) is 5.82 Å². The first kappa shape index (κ1) is 18.4. The third kappa shape index (κ3) is 3.31. The highest BCUT2D eigenvalue weighted by Gasteiger charge is 2.24. The number of aromatic amines is 1. The highest BCUT2D eigenvalue weighted by Crippen LogP contribution is 2.33. The highest BCUT2D eigenvalue weighted by molar-refractivity contribution is 5.99. The van der Waals surface area contributed by atoms with Gasteiger partial charge in [-0.2, -0.15) is 10.2 Å². The summed E-state index contributed by atoms with van der Waals surface area (Å²) >= 11 is 0. The normalized spacial score (nSPS) is 16.6. The van der Waals surface area contributed by atoms with Crippen molar-refractivity contribution in [2.75, 3.05) is 18.8 Å². The van der Waals surface area contributed by atoms with Crippen LogP contribution in [-0.2, 0) is 0 Å². The summed E-state index contributed by atoms with van der Waals surface area (Å²) in [6.45, 7) is 1.74. The average Bonchev–Trinajstić information content (AvgIpc) is 3.20. The number of hydrogen-bond donors (Lipinski definition) is 3. The number of nitrogen functional groups attached to an aromatic ring is 1. The zero-order chi connectivity index (χ0) is 20.5. The maximum absolute atomic E-state index is 12.6. The summed E-state index contributed by atoms with van der Waals surface area (Å²) in [7, 11) is 0. The fourth-order valence-corrected chi connectivity index (χ4v) is 3.93. The number of anilines is 1. The third-order valence-electron chi connectivity index (χ3n) is 5.38. The van der Waals surface area contributed by atoms with Crippen LogP contribution in [0, 0.1) is 0 Å². The third-order valence-corrected chi connectivity index (χ3v) is 5.38. The highest BCUT2D eigenvalue weighted by atomic mass is 16.5. The minimum atomic E-state index is -0.285. The predicted octanol–water partition coefficient (Wildman–Crippen LogP) is 3.09. The number of H-pyrrole nitrogens is 1. The maximum atomic E-state index is 12.6. The van der Waals surface area contributed by atoms with Crippen LogP contribution in [-0.4, -0.2) is 33.1 Å². The Balaban J connectivity index is 1.57. The molecule has 1 atom stereocenters. The van der Waals surface area contributed by atoms with E-state index in [0.29, 0.717) is 22.3 Å². The molecule has 30 heavy (non-hydrogen) atoms. The number of rotatable bonds is 4. The number of ether oxygens (including phenoxy) is 1. The number of nitrogens with two attached hydrogens (primary N) is 1. The molecule has 3 heterocycles. The second-order valence-electron chi connectivity index (χ2n) is 7.39. The van der Waals surface area contributed by atoms with Crippen LogP contribution in [0.15, 0.2) is 59.4 Å². The van der Waals surface area contributed by atoms with Crippen LogP contribution < -0.4 is 21.3 Å². The lowest BCUT2D eigenvalue weighted by Crippen LogP contribution is -2.33. The van der Waals surface area contributed by atoms with Crippen LogP contribution >= 0.6 is 0 Å². The van der Waals surface area contributed by atoms with Gasteiger partial charge in [0.1, 0.15) is 22.7 Å². The van der Waals surface area contributed by atoms with Gasteiger partial charge in [0, 0.05) is 12.1 Å². The molecule has 0 saturated carbocycles. The number of hydrogen-bond acceptors (Lipinski definition) is 6. The van der Waals surface area contributed by atoms with E-state index in [0.717, 1.165) is 37.2 Å². The van der Waals surface area contributed by atoms with E-state index in [2.05, 4.69) is 15.5 Å². The van der Waals surface area contributed by atoms with Crippen molar-refractivity contribution < 1.29 is 4.74 Å². The maximum Gasteiger partial charge on any atom is 0.290 e. The zero-order valence-electron chi connectivity index (χ0n) is 16.3. The van der Waals surface area contributed by atoms with Crippen molar-refractivity contribution in [2.45, 2.75) is 18.9 Å². The van der Waals surface area contributed by atoms with E-state index >= 15 is 0 Å². The summed E-state index contributed by atoms with van der Waals surface area (Å²) in [5.41, 5.74) is 7.85. The van der Waals surface area contributed by atoms with Gasteiger partial charge in [-0.1, -0.05) is 18.2 Å². The Morgan fingerprint density at radius 3 is 2.57 bits per heavy atom. The van der Waals surface area contributed by atoms with Crippen molar-refractivity contribution in [2.24, 2.45) is 0 Å². The fraction of sp³-hybridized carbons (Fsp3) is 0.227. The number of para-hydroxylation sites is 1. The smallest absolute Gasteiger partial charge is 0.290 e. The monoisotopic (exact) mass is 402 g/mol. The van der Waals surface area contributed by atoms with Gasteiger partial charge in [0.05, 0.1) is 11.4 Å². The SMILES string of the molecule is Nc1n[nH]c(=O)c2c1c(-c1ccc(Oc3ccccc3)cc1)nn2[C@@H]1CCCNC1. The molecule has 1 fully saturated rings. The molecule has 1 aliphatic rings. The van der Waals surface area contributed by atoms with Crippen molar-refractivity contribution in [1.29, 1.82) is 0 Å². The van der Waals surface area contributed by atoms with Crippen molar-refractivity contribution in [1.82, 2.24) is 25.3 Å². The molecule has 8 nitrogen and oxygen atoms in total. The van der Waals surface area contributed by atoms with Crippen LogP contribution in [0.1, 0.15) is 18.9 Å². The van der Waals surface area contributed by atoms with Crippen LogP contribution in [0.25, 0.3) is 22.2 Å². The summed E-state index contributed by atoms with van der Waals surface area (Å²) in [6, 6.07) is 17.3. The molecule has 1 aliphatic heterocycles. The lowest BCUT2D eigenvalue weighted by atomic mass is 10.1. The Morgan fingerprint density at radius 1 is 1.07 bits per heavy atom. The van der Waals surface area contributed by atoms with Crippen LogP contribution in [0.2, 0.25) is 0 Å². The van der Waals surface area contributed by atoms with Gasteiger partial charge >= 0.3 is 0 Å². The minimum Gasteiger partial charge on any atom is -0.457 e. The largest absolute Gasteiger partial charge is 0.457 e. The van der Waals surface area contributed by atoms with E-state index in [9.17, 15) is 4.79 Å². The molecule has 152 valence electrons. The zero-order valence-corrected chi connectivity index (χ0v) is 16.3. The molecule has 5 rings (SSSR count). The first-order valence-electron chi connectivity index (χ1n) is 10.0. The molecule has 2 aromatic carbocycles. The van der Waals surface area contributed by atoms with E-state index < -0.39 is 0 Å².